The Hall–Kier alpha value is -9.44. The predicted octanol–water partition coefficient (Wildman–Crippen LogP) is 11.0. The minimum Gasteiger partial charge on any atom is -0.493 e. The molecule has 6 aromatic carbocycles. The van der Waals surface area contributed by atoms with Crippen LogP contribution in [0.15, 0.2) is 173 Å². The van der Waals surface area contributed by atoms with E-state index in [-0.39, 0.29) is 40.4 Å². The molecule has 20 nitrogen and oxygen atoms in total. The molecule has 1 amide bonds. The van der Waals surface area contributed by atoms with Crippen LogP contribution >= 0.6 is 0 Å². The van der Waals surface area contributed by atoms with Gasteiger partial charge >= 0.3 is 11.9 Å². The van der Waals surface area contributed by atoms with Crippen molar-refractivity contribution < 1.29 is 80.2 Å². The van der Waals surface area contributed by atoms with Crippen molar-refractivity contribution in [3.05, 3.63) is 192 Å². The molecule has 2 aliphatic rings. The number of rotatable bonds is 20. The van der Waals surface area contributed by atoms with Crippen LogP contribution in [0.25, 0.3) is 22.6 Å². The number of Topliss-reactive ketones (excluding diaryl/α,β-unsaturated/α-hetero) is 1. The number of furan rings is 2. The third-order valence-corrected chi connectivity index (χ3v) is 13.9. The number of ether oxygens (including phenoxy) is 10. The van der Waals surface area contributed by atoms with Gasteiger partial charge in [-0.1, -0.05) is 60.7 Å². The van der Waals surface area contributed by atoms with Crippen LogP contribution in [0, 0.1) is 0 Å². The number of carbonyl (C=O) groups is 4. The van der Waals surface area contributed by atoms with Crippen LogP contribution in [0.4, 0.5) is 11.4 Å². The fraction of sp³-hybridized carbons (Fsp3) is 0.273. The Morgan fingerprint density at radius 1 is 0.477 bits per heavy atom. The van der Waals surface area contributed by atoms with Crippen molar-refractivity contribution >= 4 is 35.0 Å². The summed E-state index contributed by atoms with van der Waals surface area (Å²) in [6.07, 6.45) is 0.0859. The number of methoxy groups -OCH3 is 6. The summed E-state index contributed by atoms with van der Waals surface area (Å²) < 4.78 is 65.9. The van der Waals surface area contributed by atoms with Crippen LogP contribution in [0.5, 0.6) is 34.5 Å². The maximum absolute atomic E-state index is 13.4. The summed E-state index contributed by atoms with van der Waals surface area (Å²) in [5.41, 5.74) is 5.89. The first-order valence-corrected chi connectivity index (χ1v) is 27.4. The molecule has 2 aromatic heterocycles. The number of anilines is 2. The van der Waals surface area contributed by atoms with Crippen molar-refractivity contribution in [1.29, 1.82) is 0 Å². The van der Waals surface area contributed by atoms with Crippen LogP contribution in [0.1, 0.15) is 54.6 Å². The molecule has 2 aliphatic heterocycles. The molecule has 0 N–H and O–H groups in total. The van der Waals surface area contributed by atoms with Gasteiger partial charge in [0, 0.05) is 69.9 Å². The number of hydrogen-bond donors (Lipinski definition) is 0. The number of amides is 1. The third-order valence-electron chi connectivity index (χ3n) is 13.9. The van der Waals surface area contributed by atoms with Gasteiger partial charge in [0.1, 0.15) is 17.6 Å². The van der Waals surface area contributed by atoms with Gasteiger partial charge in [0.15, 0.2) is 34.9 Å². The number of carbonyl (C=O) groups excluding carboxylic acids is 4. The first kappa shape index (κ1) is 62.6. The van der Waals surface area contributed by atoms with Crippen LogP contribution in [-0.2, 0) is 28.6 Å². The first-order chi connectivity index (χ1) is 41.9. The number of esters is 2. The Kier molecular flexibility index (Phi) is 22.5. The highest BCUT2D eigenvalue weighted by Gasteiger charge is 2.28. The molecule has 2 atom stereocenters. The lowest BCUT2D eigenvalue weighted by atomic mass is 10.0. The number of likely N-dealkylation sites (N-methyl/N-ethyl adjacent to an activating group) is 1. The van der Waals surface area contributed by atoms with Crippen molar-refractivity contribution in [2.75, 3.05) is 119 Å². The van der Waals surface area contributed by atoms with E-state index in [1.807, 2.05) is 66.7 Å². The van der Waals surface area contributed by atoms with Crippen molar-refractivity contribution in [2.45, 2.75) is 12.2 Å². The molecule has 4 heterocycles. The molecule has 8 aromatic rings. The molecule has 86 heavy (non-hydrogen) atoms. The summed E-state index contributed by atoms with van der Waals surface area (Å²) in [5.74, 6) is 1.27. The lowest BCUT2D eigenvalue weighted by Gasteiger charge is -2.29. The van der Waals surface area contributed by atoms with E-state index >= 15 is 0 Å². The van der Waals surface area contributed by atoms with Crippen LogP contribution < -0.4 is 38.2 Å². The normalized spacial score (nSPS) is 13.5. The standard InChI is InChI=1S/C32H31NO8.C19H16O5.C15H22N2O4/c1-36-27-19-23(20-28(37-2)31(27)41-32(35)22-7-5-4-6-8-22)25-13-14-26(40-25)29(34)30(38-3)21-9-11-24(12-10-21)33-15-17-39-18-16-33;1-21-16-11-14(15-9-6-10-23-15)12-17(22-2)18(16)24-19(20)13-7-4-3-5-8-13;1-16(20-3)15(18)14(19-2)12-4-6-13(7-5-12)17-8-10-21-11-9-17/h4-14,19-20,30H,15-18H2,1-3H3;3-12H,1-2H3;4-7,14H,8-11H2,1-3H3. The second-order valence-corrected chi connectivity index (χ2v) is 19.1. The molecule has 2 unspecified atom stereocenters. The van der Waals surface area contributed by atoms with E-state index in [2.05, 4.69) is 9.80 Å². The van der Waals surface area contributed by atoms with Crippen molar-refractivity contribution in [3.8, 4) is 57.1 Å². The van der Waals surface area contributed by atoms with Gasteiger partial charge in [-0.25, -0.2) is 14.7 Å². The van der Waals surface area contributed by atoms with Gasteiger partial charge < -0.3 is 66.0 Å². The van der Waals surface area contributed by atoms with Crippen molar-refractivity contribution in [3.63, 3.8) is 0 Å². The predicted molar refractivity (Wildman–Crippen MR) is 320 cm³/mol. The number of benzene rings is 6. The van der Waals surface area contributed by atoms with Crippen molar-refractivity contribution in [1.82, 2.24) is 5.06 Å². The molecule has 0 aliphatic carbocycles. The van der Waals surface area contributed by atoms with Gasteiger partial charge in [-0.15, -0.1) is 0 Å². The summed E-state index contributed by atoms with van der Waals surface area (Å²) in [5, 5.41) is 1.17. The smallest absolute Gasteiger partial charge is 0.343 e. The minimum absolute atomic E-state index is 0.135. The van der Waals surface area contributed by atoms with E-state index < -0.39 is 24.1 Å². The fourth-order valence-corrected chi connectivity index (χ4v) is 9.29. The molecule has 20 heteroatoms. The van der Waals surface area contributed by atoms with E-state index in [0.717, 1.165) is 67.5 Å². The van der Waals surface area contributed by atoms with Crippen LogP contribution in [-0.4, -0.2) is 138 Å². The van der Waals surface area contributed by atoms with E-state index in [0.29, 0.717) is 52.9 Å². The molecule has 0 spiro atoms. The number of morpholine rings is 2. The Morgan fingerprint density at radius 2 is 0.895 bits per heavy atom. The maximum Gasteiger partial charge on any atom is 0.343 e. The highest BCUT2D eigenvalue weighted by molar-refractivity contribution is 5.98. The number of nitrogens with zero attached hydrogens (tertiary/aromatic N) is 3. The monoisotopic (exact) mass is 1180 g/mol. The SMILES string of the molecule is COC(C(=O)N(C)OC)c1ccc(N2CCOCC2)cc1.COc1cc(-c2ccc(C(=O)C(OC)c3ccc(N4CCOCC4)cc3)o2)cc(OC)c1OC(=O)c1ccccc1.COc1cc(-c2ccco2)cc(OC)c1OC(=O)c1ccccc1. The lowest BCUT2D eigenvalue weighted by Crippen LogP contribution is -2.36. The molecular weight excluding hydrogens is 1110 g/mol. The Labute approximate surface area is 499 Å². The number of hydrogen-bond acceptors (Lipinski definition) is 19. The highest BCUT2D eigenvalue weighted by Crippen LogP contribution is 2.44. The molecule has 10 rings (SSSR count). The van der Waals surface area contributed by atoms with E-state index in [9.17, 15) is 19.2 Å². The molecular formula is C66H69N3O17. The summed E-state index contributed by atoms with van der Waals surface area (Å²) in [6.45, 7) is 6.32. The maximum atomic E-state index is 13.4. The Bertz CT molecular complexity index is 3400. The zero-order valence-electron chi connectivity index (χ0n) is 49.2. The van der Waals surface area contributed by atoms with Gasteiger partial charge in [0.25, 0.3) is 5.91 Å². The Balaban J connectivity index is 0.000000182. The second kappa shape index (κ2) is 30.9. The van der Waals surface area contributed by atoms with Crippen LogP contribution in [0.2, 0.25) is 0 Å². The minimum atomic E-state index is -0.836. The number of ketones is 1. The summed E-state index contributed by atoms with van der Waals surface area (Å²) in [4.78, 5) is 60.0. The van der Waals surface area contributed by atoms with Gasteiger partial charge in [-0.05, 0) is 108 Å². The average Bonchev–Trinajstić information content (AvgIpc) is 4.51. The van der Waals surface area contributed by atoms with Gasteiger partial charge in [0.05, 0.1) is 79.4 Å². The largest absolute Gasteiger partial charge is 0.493 e. The third kappa shape index (κ3) is 15.7. The first-order valence-electron chi connectivity index (χ1n) is 27.4. The zero-order chi connectivity index (χ0) is 61.0. The summed E-state index contributed by atoms with van der Waals surface area (Å²) in [6, 6.07) is 46.6. The van der Waals surface area contributed by atoms with E-state index in [4.69, 9.17) is 61.0 Å². The van der Waals surface area contributed by atoms with Gasteiger partial charge in [-0.3, -0.25) is 14.4 Å². The van der Waals surface area contributed by atoms with Crippen LogP contribution in [0.3, 0.4) is 0 Å². The fourth-order valence-electron chi connectivity index (χ4n) is 9.29. The topological polar surface area (TPSA) is 206 Å². The summed E-state index contributed by atoms with van der Waals surface area (Å²) in [7, 11) is 11.9. The quantitative estimate of drug-likeness (QED) is 0.0301. The zero-order valence-corrected chi connectivity index (χ0v) is 49.2. The van der Waals surface area contributed by atoms with Gasteiger partial charge in [0.2, 0.25) is 17.3 Å². The molecule has 0 saturated carbocycles. The molecule has 0 bridgehead atoms. The average molecular weight is 1180 g/mol. The van der Waals surface area contributed by atoms with E-state index in [1.165, 1.54) is 54.8 Å². The molecule has 2 saturated heterocycles. The molecule has 450 valence electrons. The van der Waals surface area contributed by atoms with Crippen molar-refractivity contribution in [2.24, 2.45) is 0 Å². The number of hydroxylamine groups is 2. The molecule has 0 radical (unpaired) electrons. The summed E-state index contributed by atoms with van der Waals surface area (Å²) >= 11 is 0. The second-order valence-electron chi connectivity index (χ2n) is 19.1. The Morgan fingerprint density at radius 3 is 1.28 bits per heavy atom. The van der Waals surface area contributed by atoms with Gasteiger partial charge in [-0.2, -0.15) is 0 Å². The lowest BCUT2D eigenvalue weighted by molar-refractivity contribution is -0.179. The van der Waals surface area contributed by atoms with E-state index in [1.54, 1.807) is 104 Å². The highest BCUT2D eigenvalue weighted by atomic mass is 16.7. The molecule has 2 fully saturated rings.